The SMILES string of the molecule is CCCN(CC)c1ccc(N)c(C(=O)O)c1. The molecule has 0 amide bonds. The van der Waals surface area contributed by atoms with Gasteiger partial charge in [0.25, 0.3) is 0 Å². The Morgan fingerprint density at radius 1 is 1.44 bits per heavy atom. The van der Waals surface area contributed by atoms with Gasteiger partial charge in [-0.2, -0.15) is 0 Å². The van der Waals surface area contributed by atoms with Crippen LogP contribution in [-0.4, -0.2) is 24.2 Å². The molecule has 0 saturated carbocycles. The van der Waals surface area contributed by atoms with Gasteiger partial charge in [-0.05, 0) is 31.5 Å². The Bertz CT molecular complexity index is 377. The van der Waals surface area contributed by atoms with Crippen molar-refractivity contribution < 1.29 is 9.90 Å². The summed E-state index contributed by atoms with van der Waals surface area (Å²) in [5, 5.41) is 8.98. The molecule has 88 valence electrons. The molecule has 0 fully saturated rings. The summed E-state index contributed by atoms with van der Waals surface area (Å²) in [7, 11) is 0. The minimum Gasteiger partial charge on any atom is -0.478 e. The Morgan fingerprint density at radius 3 is 2.62 bits per heavy atom. The van der Waals surface area contributed by atoms with E-state index in [1.54, 1.807) is 12.1 Å². The largest absolute Gasteiger partial charge is 0.478 e. The molecule has 0 unspecified atom stereocenters. The van der Waals surface area contributed by atoms with Crippen molar-refractivity contribution in [2.75, 3.05) is 23.7 Å². The molecule has 0 aromatic heterocycles. The lowest BCUT2D eigenvalue weighted by atomic mass is 10.1. The summed E-state index contributed by atoms with van der Waals surface area (Å²) in [4.78, 5) is 13.1. The van der Waals surface area contributed by atoms with Crippen LogP contribution in [0.3, 0.4) is 0 Å². The zero-order valence-electron chi connectivity index (χ0n) is 9.73. The van der Waals surface area contributed by atoms with Gasteiger partial charge in [0, 0.05) is 24.5 Å². The molecule has 0 saturated heterocycles. The average Bonchev–Trinajstić information content (AvgIpc) is 2.26. The van der Waals surface area contributed by atoms with Crippen LogP contribution in [0.2, 0.25) is 0 Å². The fourth-order valence-corrected chi connectivity index (χ4v) is 1.67. The number of hydrogen-bond acceptors (Lipinski definition) is 3. The number of anilines is 2. The zero-order chi connectivity index (χ0) is 12.1. The molecular formula is C12H18N2O2. The third-order valence-corrected chi connectivity index (χ3v) is 2.51. The molecule has 3 N–H and O–H groups in total. The second-order valence-electron chi connectivity index (χ2n) is 3.66. The first-order valence-corrected chi connectivity index (χ1v) is 5.47. The average molecular weight is 222 g/mol. The maximum absolute atomic E-state index is 10.9. The number of aromatic carboxylic acids is 1. The van der Waals surface area contributed by atoms with Crippen molar-refractivity contribution in [3.63, 3.8) is 0 Å². The van der Waals surface area contributed by atoms with Crippen LogP contribution in [0.15, 0.2) is 18.2 Å². The minimum atomic E-state index is -0.980. The van der Waals surface area contributed by atoms with E-state index in [-0.39, 0.29) is 5.56 Å². The predicted octanol–water partition coefficient (Wildman–Crippen LogP) is 2.20. The Hall–Kier alpha value is -1.71. The number of nitrogen functional groups attached to an aromatic ring is 1. The summed E-state index contributed by atoms with van der Waals surface area (Å²) >= 11 is 0. The fourth-order valence-electron chi connectivity index (χ4n) is 1.67. The number of benzene rings is 1. The lowest BCUT2D eigenvalue weighted by Gasteiger charge is -2.23. The fraction of sp³-hybridized carbons (Fsp3) is 0.417. The van der Waals surface area contributed by atoms with E-state index in [1.165, 1.54) is 0 Å². The Kier molecular flexibility index (Phi) is 4.17. The van der Waals surface area contributed by atoms with Crippen LogP contribution in [0.5, 0.6) is 0 Å². The molecule has 4 heteroatoms. The van der Waals surface area contributed by atoms with Gasteiger partial charge in [-0.25, -0.2) is 4.79 Å². The summed E-state index contributed by atoms with van der Waals surface area (Å²) in [5.41, 5.74) is 7.00. The molecular weight excluding hydrogens is 204 g/mol. The number of rotatable bonds is 5. The van der Waals surface area contributed by atoms with Crippen molar-refractivity contribution in [1.29, 1.82) is 0 Å². The molecule has 0 spiro atoms. The van der Waals surface area contributed by atoms with Gasteiger partial charge >= 0.3 is 5.97 Å². The van der Waals surface area contributed by atoms with E-state index < -0.39 is 5.97 Å². The zero-order valence-corrected chi connectivity index (χ0v) is 9.73. The third-order valence-electron chi connectivity index (χ3n) is 2.51. The van der Waals surface area contributed by atoms with E-state index in [1.807, 2.05) is 13.0 Å². The van der Waals surface area contributed by atoms with E-state index in [0.717, 1.165) is 25.2 Å². The van der Waals surface area contributed by atoms with E-state index in [0.29, 0.717) is 5.69 Å². The summed E-state index contributed by atoms with van der Waals surface area (Å²) < 4.78 is 0. The summed E-state index contributed by atoms with van der Waals surface area (Å²) in [6.07, 6.45) is 1.03. The second kappa shape index (κ2) is 5.39. The van der Waals surface area contributed by atoms with Crippen LogP contribution in [0.25, 0.3) is 0 Å². The smallest absolute Gasteiger partial charge is 0.337 e. The first-order chi connectivity index (χ1) is 7.60. The van der Waals surface area contributed by atoms with Gasteiger partial charge < -0.3 is 15.7 Å². The molecule has 1 aromatic carbocycles. The molecule has 16 heavy (non-hydrogen) atoms. The van der Waals surface area contributed by atoms with Gasteiger partial charge in [-0.1, -0.05) is 6.92 Å². The highest BCUT2D eigenvalue weighted by atomic mass is 16.4. The first-order valence-electron chi connectivity index (χ1n) is 5.47. The summed E-state index contributed by atoms with van der Waals surface area (Å²) in [5.74, 6) is -0.980. The van der Waals surface area contributed by atoms with Crippen molar-refractivity contribution in [3.05, 3.63) is 23.8 Å². The Morgan fingerprint density at radius 2 is 2.12 bits per heavy atom. The number of nitrogens with two attached hydrogens (primary N) is 1. The van der Waals surface area contributed by atoms with Gasteiger partial charge in [0.1, 0.15) is 0 Å². The molecule has 0 radical (unpaired) electrons. The highest BCUT2D eigenvalue weighted by Crippen LogP contribution is 2.21. The van der Waals surface area contributed by atoms with Gasteiger partial charge in [0.05, 0.1) is 5.56 Å². The molecule has 1 aromatic rings. The van der Waals surface area contributed by atoms with Crippen molar-refractivity contribution in [3.8, 4) is 0 Å². The lowest BCUT2D eigenvalue weighted by molar-refractivity contribution is 0.0698. The molecule has 0 aliphatic rings. The molecule has 0 heterocycles. The Labute approximate surface area is 95.7 Å². The van der Waals surface area contributed by atoms with Crippen LogP contribution in [0.1, 0.15) is 30.6 Å². The Balaban J connectivity index is 3.05. The number of hydrogen-bond donors (Lipinski definition) is 2. The van der Waals surface area contributed by atoms with Crippen molar-refractivity contribution >= 4 is 17.3 Å². The second-order valence-corrected chi connectivity index (χ2v) is 3.66. The monoisotopic (exact) mass is 222 g/mol. The normalized spacial score (nSPS) is 10.1. The van der Waals surface area contributed by atoms with E-state index in [4.69, 9.17) is 10.8 Å². The van der Waals surface area contributed by atoms with Crippen LogP contribution < -0.4 is 10.6 Å². The molecule has 0 bridgehead atoms. The molecule has 4 nitrogen and oxygen atoms in total. The molecule has 0 aliphatic carbocycles. The predicted molar refractivity (Wildman–Crippen MR) is 66.0 cm³/mol. The first kappa shape index (κ1) is 12.4. The number of nitrogens with zero attached hydrogens (tertiary/aromatic N) is 1. The van der Waals surface area contributed by atoms with Crippen molar-refractivity contribution in [1.82, 2.24) is 0 Å². The summed E-state index contributed by atoms with van der Waals surface area (Å²) in [6.45, 7) is 5.92. The van der Waals surface area contributed by atoms with E-state index in [2.05, 4.69) is 11.8 Å². The minimum absolute atomic E-state index is 0.173. The highest BCUT2D eigenvalue weighted by molar-refractivity contribution is 5.94. The van der Waals surface area contributed by atoms with E-state index >= 15 is 0 Å². The molecule has 0 atom stereocenters. The van der Waals surface area contributed by atoms with Crippen LogP contribution in [-0.2, 0) is 0 Å². The quantitative estimate of drug-likeness (QED) is 0.749. The van der Waals surface area contributed by atoms with Crippen LogP contribution in [0.4, 0.5) is 11.4 Å². The standard InChI is InChI=1S/C12H18N2O2/c1-3-7-14(4-2)9-5-6-11(13)10(8-9)12(15)16/h5-6,8H,3-4,7,13H2,1-2H3,(H,15,16). The van der Waals surface area contributed by atoms with E-state index in [9.17, 15) is 4.79 Å². The van der Waals surface area contributed by atoms with Gasteiger partial charge in [0.2, 0.25) is 0 Å². The van der Waals surface area contributed by atoms with Crippen LogP contribution >= 0.6 is 0 Å². The third kappa shape index (κ3) is 2.66. The van der Waals surface area contributed by atoms with Crippen molar-refractivity contribution in [2.45, 2.75) is 20.3 Å². The van der Waals surface area contributed by atoms with Gasteiger partial charge in [-0.15, -0.1) is 0 Å². The lowest BCUT2D eigenvalue weighted by Crippen LogP contribution is -2.23. The molecule has 1 rings (SSSR count). The van der Waals surface area contributed by atoms with Gasteiger partial charge in [-0.3, -0.25) is 0 Å². The maximum atomic E-state index is 10.9. The maximum Gasteiger partial charge on any atom is 0.337 e. The number of carboxylic acid groups (broad SMARTS) is 1. The number of carboxylic acids is 1. The summed E-state index contributed by atoms with van der Waals surface area (Å²) in [6, 6.07) is 5.15. The van der Waals surface area contributed by atoms with Crippen LogP contribution in [0, 0.1) is 0 Å². The van der Waals surface area contributed by atoms with Gasteiger partial charge in [0.15, 0.2) is 0 Å². The topological polar surface area (TPSA) is 66.6 Å². The highest BCUT2D eigenvalue weighted by Gasteiger charge is 2.11. The molecule has 0 aliphatic heterocycles. The van der Waals surface area contributed by atoms with Crippen molar-refractivity contribution in [2.24, 2.45) is 0 Å². The number of carbonyl (C=O) groups is 1.